The van der Waals surface area contributed by atoms with Crippen molar-refractivity contribution in [1.82, 2.24) is 14.8 Å². The van der Waals surface area contributed by atoms with Crippen molar-refractivity contribution in [3.05, 3.63) is 72.1 Å². The van der Waals surface area contributed by atoms with Crippen molar-refractivity contribution in [1.29, 1.82) is 0 Å². The van der Waals surface area contributed by atoms with Crippen LogP contribution < -0.4 is 14.8 Å². The van der Waals surface area contributed by atoms with Gasteiger partial charge in [-0.15, -0.1) is 16.8 Å². The second-order valence-corrected chi connectivity index (χ2v) is 7.89. The zero-order chi connectivity index (χ0) is 22.2. The van der Waals surface area contributed by atoms with E-state index in [1.807, 2.05) is 60.9 Å². The number of thioether (sulfide) groups is 1. The number of carbonyl (C=O) groups excluding carboxylic acids is 1. The van der Waals surface area contributed by atoms with E-state index in [9.17, 15) is 4.79 Å². The summed E-state index contributed by atoms with van der Waals surface area (Å²) in [6, 6.07) is 13.4. The van der Waals surface area contributed by atoms with E-state index >= 15 is 0 Å². The van der Waals surface area contributed by atoms with Crippen LogP contribution in [0, 0.1) is 13.8 Å². The van der Waals surface area contributed by atoms with Crippen LogP contribution in [-0.2, 0) is 17.9 Å². The third kappa shape index (κ3) is 6.11. The minimum absolute atomic E-state index is 0.106. The molecule has 0 saturated carbocycles. The van der Waals surface area contributed by atoms with Crippen LogP contribution in [-0.4, -0.2) is 33.5 Å². The molecule has 8 heteroatoms. The highest BCUT2D eigenvalue weighted by Gasteiger charge is 2.15. The van der Waals surface area contributed by atoms with Crippen LogP contribution in [0.25, 0.3) is 0 Å². The highest BCUT2D eigenvalue weighted by Crippen LogP contribution is 2.28. The van der Waals surface area contributed by atoms with Crippen molar-refractivity contribution in [2.45, 2.75) is 32.2 Å². The molecule has 31 heavy (non-hydrogen) atoms. The highest BCUT2D eigenvalue weighted by molar-refractivity contribution is 7.99. The number of amides is 1. The fourth-order valence-electron chi connectivity index (χ4n) is 2.93. The highest BCUT2D eigenvalue weighted by atomic mass is 32.2. The summed E-state index contributed by atoms with van der Waals surface area (Å²) in [5, 5.41) is 12.0. The molecule has 162 valence electrons. The quantitative estimate of drug-likeness (QED) is 0.373. The molecule has 0 spiro atoms. The first kappa shape index (κ1) is 22.4. The maximum Gasteiger partial charge on any atom is 0.234 e. The Kier molecular flexibility index (Phi) is 7.72. The molecule has 0 bridgehead atoms. The van der Waals surface area contributed by atoms with E-state index in [1.54, 1.807) is 13.2 Å². The lowest BCUT2D eigenvalue weighted by atomic mass is 10.2. The van der Waals surface area contributed by atoms with Crippen LogP contribution in [0.5, 0.6) is 11.5 Å². The summed E-state index contributed by atoms with van der Waals surface area (Å²) < 4.78 is 13.2. The maximum atomic E-state index is 12.3. The summed E-state index contributed by atoms with van der Waals surface area (Å²) in [5.74, 6) is 2.05. The van der Waals surface area contributed by atoms with E-state index < -0.39 is 0 Å². The van der Waals surface area contributed by atoms with Gasteiger partial charge in [0.15, 0.2) is 22.5 Å². The van der Waals surface area contributed by atoms with Gasteiger partial charge in [-0.2, -0.15) is 0 Å². The molecule has 2 aromatic carbocycles. The molecule has 1 heterocycles. The molecule has 0 radical (unpaired) electrons. The van der Waals surface area contributed by atoms with Gasteiger partial charge in [0.05, 0.1) is 12.9 Å². The molecule has 3 aromatic rings. The Bertz CT molecular complexity index is 1060. The van der Waals surface area contributed by atoms with E-state index in [0.29, 0.717) is 29.0 Å². The Morgan fingerprint density at radius 2 is 1.97 bits per heavy atom. The van der Waals surface area contributed by atoms with Crippen LogP contribution in [0.3, 0.4) is 0 Å². The predicted octanol–water partition coefficient (Wildman–Crippen LogP) is 4.40. The Labute approximate surface area is 186 Å². The lowest BCUT2D eigenvalue weighted by molar-refractivity contribution is -0.113. The van der Waals surface area contributed by atoms with Crippen LogP contribution in [0.1, 0.15) is 17.0 Å². The van der Waals surface area contributed by atoms with E-state index in [4.69, 9.17) is 9.47 Å². The number of nitrogens with zero attached hydrogens (tertiary/aromatic N) is 3. The van der Waals surface area contributed by atoms with Crippen LogP contribution in [0.15, 0.2) is 60.3 Å². The number of aryl methyl sites for hydroxylation is 2. The number of rotatable bonds is 10. The molecule has 0 atom stereocenters. The van der Waals surface area contributed by atoms with E-state index in [-0.39, 0.29) is 18.3 Å². The number of benzene rings is 2. The average molecular weight is 439 g/mol. The lowest BCUT2D eigenvalue weighted by Gasteiger charge is -2.12. The van der Waals surface area contributed by atoms with Gasteiger partial charge in [-0.1, -0.05) is 36.0 Å². The molecule has 0 aliphatic carbocycles. The largest absolute Gasteiger partial charge is 0.493 e. The van der Waals surface area contributed by atoms with Crippen molar-refractivity contribution < 1.29 is 14.3 Å². The molecular weight excluding hydrogens is 412 g/mol. The van der Waals surface area contributed by atoms with Gasteiger partial charge in [-0.05, 0) is 49.2 Å². The van der Waals surface area contributed by atoms with Gasteiger partial charge in [-0.3, -0.25) is 9.36 Å². The lowest BCUT2D eigenvalue weighted by Crippen LogP contribution is -2.15. The standard InChI is InChI=1S/C23H26N4O3S/c1-5-11-27-21(14-30-19-10-9-17(3)13-20(19)29-4)25-26-23(27)31-15-22(28)24-18-8-6-7-16(2)12-18/h5-10,12-13H,1,11,14-15H2,2-4H3,(H,24,28). The Morgan fingerprint density at radius 1 is 1.16 bits per heavy atom. The number of methoxy groups -OCH3 is 1. The summed E-state index contributed by atoms with van der Waals surface area (Å²) in [4.78, 5) is 12.3. The summed E-state index contributed by atoms with van der Waals surface area (Å²) in [7, 11) is 1.61. The number of anilines is 1. The molecule has 0 unspecified atom stereocenters. The molecule has 3 rings (SSSR count). The fourth-order valence-corrected chi connectivity index (χ4v) is 3.70. The minimum atomic E-state index is -0.106. The molecule has 0 saturated heterocycles. The van der Waals surface area contributed by atoms with E-state index in [1.165, 1.54) is 11.8 Å². The number of allylic oxidation sites excluding steroid dienone is 1. The minimum Gasteiger partial charge on any atom is -0.493 e. The van der Waals surface area contributed by atoms with Crippen molar-refractivity contribution >= 4 is 23.4 Å². The van der Waals surface area contributed by atoms with Gasteiger partial charge in [0, 0.05) is 12.2 Å². The smallest absolute Gasteiger partial charge is 0.234 e. The molecule has 7 nitrogen and oxygen atoms in total. The number of hydrogen-bond donors (Lipinski definition) is 1. The van der Waals surface area contributed by atoms with Gasteiger partial charge < -0.3 is 14.8 Å². The fraction of sp³-hybridized carbons (Fsp3) is 0.261. The predicted molar refractivity (Wildman–Crippen MR) is 123 cm³/mol. The van der Waals surface area contributed by atoms with E-state index in [0.717, 1.165) is 16.8 Å². The third-order valence-electron chi connectivity index (χ3n) is 4.42. The summed E-state index contributed by atoms with van der Waals surface area (Å²) in [6.07, 6.45) is 1.76. The number of ether oxygens (including phenoxy) is 2. The zero-order valence-corrected chi connectivity index (χ0v) is 18.7. The first-order valence-electron chi connectivity index (χ1n) is 9.80. The number of hydrogen-bond acceptors (Lipinski definition) is 6. The first-order chi connectivity index (χ1) is 15.0. The van der Waals surface area contributed by atoms with Crippen molar-refractivity contribution in [2.24, 2.45) is 0 Å². The summed E-state index contributed by atoms with van der Waals surface area (Å²) in [6.45, 7) is 8.51. The Morgan fingerprint density at radius 3 is 2.71 bits per heavy atom. The number of aromatic nitrogens is 3. The normalized spacial score (nSPS) is 10.5. The molecule has 1 aromatic heterocycles. The van der Waals surface area contributed by atoms with Crippen LogP contribution in [0.2, 0.25) is 0 Å². The molecule has 1 N–H and O–H groups in total. The Hall–Kier alpha value is -3.26. The molecule has 0 aliphatic rings. The van der Waals surface area contributed by atoms with E-state index in [2.05, 4.69) is 22.1 Å². The van der Waals surface area contributed by atoms with Gasteiger partial charge in [-0.25, -0.2) is 0 Å². The second kappa shape index (κ2) is 10.7. The average Bonchev–Trinajstić information content (AvgIpc) is 3.13. The molecule has 1 amide bonds. The topological polar surface area (TPSA) is 78.3 Å². The SMILES string of the molecule is C=CCn1c(COc2ccc(C)cc2OC)nnc1SCC(=O)Nc1cccc(C)c1. The number of nitrogens with one attached hydrogen (secondary N) is 1. The van der Waals surface area contributed by atoms with Gasteiger partial charge in [0.2, 0.25) is 5.91 Å². The zero-order valence-electron chi connectivity index (χ0n) is 17.9. The molecular formula is C23H26N4O3S. The van der Waals surface area contributed by atoms with Crippen molar-refractivity contribution in [3.63, 3.8) is 0 Å². The monoisotopic (exact) mass is 438 g/mol. The molecule has 0 aliphatic heterocycles. The Balaban J connectivity index is 1.64. The van der Waals surface area contributed by atoms with Crippen LogP contribution in [0.4, 0.5) is 5.69 Å². The van der Waals surface area contributed by atoms with Crippen molar-refractivity contribution in [2.75, 3.05) is 18.2 Å². The van der Waals surface area contributed by atoms with Gasteiger partial charge >= 0.3 is 0 Å². The molecule has 0 fully saturated rings. The number of carbonyl (C=O) groups is 1. The van der Waals surface area contributed by atoms with Crippen molar-refractivity contribution in [3.8, 4) is 11.5 Å². The maximum absolute atomic E-state index is 12.3. The third-order valence-corrected chi connectivity index (χ3v) is 5.38. The summed E-state index contributed by atoms with van der Waals surface area (Å²) >= 11 is 1.32. The van der Waals surface area contributed by atoms with Gasteiger partial charge in [0.1, 0.15) is 6.61 Å². The first-order valence-corrected chi connectivity index (χ1v) is 10.8. The van der Waals surface area contributed by atoms with Crippen LogP contribution >= 0.6 is 11.8 Å². The van der Waals surface area contributed by atoms with Gasteiger partial charge in [0.25, 0.3) is 0 Å². The second-order valence-electron chi connectivity index (χ2n) is 6.95. The summed E-state index contributed by atoms with van der Waals surface area (Å²) in [5.41, 5.74) is 2.95.